The number of ether oxygens (including phenoxy) is 9. The van der Waals surface area contributed by atoms with Crippen molar-refractivity contribution >= 4 is 5.97 Å². The second-order valence-electron chi connectivity index (χ2n) is 10.1. The van der Waals surface area contributed by atoms with Crippen LogP contribution in [0.5, 0.6) is 46.0 Å². The summed E-state index contributed by atoms with van der Waals surface area (Å²) in [5.74, 6) is 3.71. The molecule has 0 amide bonds. The van der Waals surface area contributed by atoms with Crippen LogP contribution in [0.4, 0.5) is 0 Å². The Hall–Kier alpha value is -5.25. The zero-order valence-electron chi connectivity index (χ0n) is 26.3. The van der Waals surface area contributed by atoms with Crippen LogP contribution in [0.2, 0.25) is 0 Å². The lowest BCUT2D eigenvalue weighted by Gasteiger charge is -2.34. The van der Waals surface area contributed by atoms with Crippen LogP contribution in [-0.4, -0.2) is 61.8 Å². The molecule has 1 aliphatic rings. The van der Waals surface area contributed by atoms with Gasteiger partial charge in [0.05, 0.1) is 55.3 Å². The predicted molar refractivity (Wildman–Crippen MR) is 167 cm³/mol. The van der Waals surface area contributed by atoms with Gasteiger partial charge in [-0.15, -0.1) is 0 Å². The number of esters is 1. The fourth-order valence-corrected chi connectivity index (χ4v) is 5.43. The molecule has 5 rings (SSSR count). The van der Waals surface area contributed by atoms with Gasteiger partial charge in [-0.05, 0) is 48.0 Å². The van der Waals surface area contributed by atoms with Crippen LogP contribution in [0.15, 0.2) is 66.7 Å². The van der Waals surface area contributed by atoms with E-state index in [0.717, 1.165) is 11.1 Å². The lowest BCUT2D eigenvalue weighted by atomic mass is 9.93. The first-order chi connectivity index (χ1) is 21.9. The third-order valence-corrected chi connectivity index (χ3v) is 7.68. The minimum atomic E-state index is -0.766. The zero-order valence-corrected chi connectivity index (χ0v) is 26.3. The summed E-state index contributed by atoms with van der Waals surface area (Å²) in [6.45, 7) is 0. The monoisotopic (exact) mass is 616 g/mol. The van der Waals surface area contributed by atoms with E-state index in [0.29, 0.717) is 69.1 Å². The molecule has 10 heteroatoms. The average molecular weight is 617 g/mol. The molecule has 1 aliphatic heterocycles. The Kier molecular flexibility index (Phi) is 9.42. The normalized spacial score (nSPS) is 15.2. The average Bonchev–Trinajstić information content (AvgIpc) is 3.09. The summed E-state index contributed by atoms with van der Waals surface area (Å²) in [7, 11) is 10.9. The summed E-state index contributed by atoms with van der Waals surface area (Å²) in [6.07, 6.45) is -1.21. The van der Waals surface area contributed by atoms with Crippen molar-refractivity contribution in [3.63, 3.8) is 0 Å². The molecule has 4 aromatic rings. The van der Waals surface area contributed by atoms with Gasteiger partial charge in [0.2, 0.25) is 5.75 Å². The number of methoxy groups -OCH3 is 7. The Morgan fingerprint density at radius 1 is 0.667 bits per heavy atom. The van der Waals surface area contributed by atoms with Crippen molar-refractivity contribution in [2.24, 2.45) is 0 Å². The van der Waals surface area contributed by atoms with Gasteiger partial charge in [-0.25, -0.2) is 4.79 Å². The van der Waals surface area contributed by atoms with Gasteiger partial charge in [0.1, 0.15) is 34.9 Å². The molecule has 0 aliphatic carbocycles. The van der Waals surface area contributed by atoms with Crippen molar-refractivity contribution in [2.45, 2.75) is 18.6 Å². The number of rotatable bonds is 11. The molecule has 1 heterocycles. The van der Waals surface area contributed by atoms with Gasteiger partial charge in [0, 0.05) is 35.2 Å². The molecule has 0 spiro atoms. The van der Waals surface area contributed by atoms with E-state index in [1.807, 2.05) is 24.3 Å². The number of carbonyl (C=O) groups is 1. The Balaban J connectivity index is 1.57. The van der Waals surface area contributed by atoms with Gasteiger partial charge in [-0.3, -0.25) is 0 Å². The van der Waals surface area contributed by atoms with E-state index >= 15 is 0 Å². The molecule has 0 fully saturated rings. The number of hydrogen-bond acceptors (Lipinski definition) is 10. The second kappa shape index (κ2) is 13.6. The number of hydrogen-bond donors (Lipinski definition) is 0. The lowest BCUT2D eigenvalue weighted by Crippen LogP contribution is -2.35. The van der Waals surface area contributed by atoms with E-state index in [-0.39, 0.29) is 0 Å². The molecule has 0 radical (unpaired) electrons. The summed E-state index contributed by atoms with van der Waals surface area (Å²) in [6, 6.07) is 19.8. The fourth-order valence-electron chi connectivity index (χ4n) is 5.43. The van der Waals surface area contributed by atoms with Crippen molar-refractivity contribution in [3.05, 3.63) is 83.4 Å². The Bertz CT molecular complexity index is 1660. The van der Waals surface area contributed by atoms with Crippen LogP contribution in [0.3, 0.4) is 0 Å². The molecular formula is C35H36O10. The van der Waals surface area contributed by atoms with Crippen molar-refractivity contribution < 1.29 is 47.4 Å². The number of carbonyl (C=O) groups excluding carboxylic acids is 1. The molecule has 0 aromatic heterocycles. The molecule has 0 unspecified atom stereocenters. The zero-order chi connectivity index (χ0) is 32.1. The molecule has 0 N–H and O–H groups in total. The van der Waals surface area contributed by atoms with Crippen LogP contribution in [0.1, 0.15) is 27.6 Å². The SMILES string of the molecule is COc1cccc(-c2cc(C(=O)O[C@@H]3Cc4c(OC)cc(OC)cc4O[C@@H]3c3cc(OC)c(OC)c(OC)c3)ccc2OC)c1. The third kappa shape index (κ3) is 6.22. The summed E-state index contributed by atoms with van der Waals surface area (Å²) in [5.41, 5.74) is 3.27. The van der Waals surface area contributed by atoms with Gasteiger partial charge in [0.25, 0.3) is 0 Å². The van der Waals surface area contributed by atoms with E-state index in [4.69, 9.17) is 42.6 Å². The van der Waals surface area contributed by atoms with Crippen molar-refractivity contribution in [1.29, 1.82) is 0 Å². The van der Waals surface area contributed by atoms with Crippen molar-refractivity contribution in [1.82, 2.24) is 0 Å². The van der Waals surface area contributed by atoms with Crippen LogP contribution in [-0.2, 0) is 11.2 Å². The quantitative estimate of drug-likeness (QED) is 0.178. The molecular weight excluding hydrogens is 580 g/mol. The maximum Gasteiger partial charge on any atom is 0.338 e. The standard InChI is InChI=1S/C35H36O10/c1-37-23-10-8-9-20(13-23)25-14-21(11-12-27(25)39-3)35(36)45-32-19-26-28(40-4)17-24(38-2)18-29(26)44-33(32)22-15-30(41-5)34(43-7)31(16-22)42-6/h8-18,32-33H,19H2,1-7H3/t32-,33-/m1/s1. The highest BCUT2D eigenvalue weighted by molar-refractivity contribution is 5.92. The van der Waals surface area contributed by atoms with Gasteiger partial charge >= 0.3 is 5.97 Å². The predicted octanol–water partition coefficient (Wildman–Crippen LogP) is 6.32. The van der Waals surface area contributed by atoms with E-state index in [1.54, 1.807) is 70.9 Å². The molecule has 4 aromatic carbocycles. The highest BCUT2D eigenvalue weighted by Gasteiger charge is 2.38. The number of benzene rings is 4. The van der Waals surface area contributed by atoms with Gasteiger partial charge < -0.3 is 42.6 Å². The van der Waals surface area contributed by atoms with Gasteiger partial charge in [-0.1, -0.05) is 12.1 Å². The molecule has 10 nitrogen and oxygen atoms in total. The van der Waals surface area contributed by atoms with E-state index in [1.165, 1.54) is 21.3 Å². The van der Waals surface area contributed by atoms with Crippen molar-refractivity contribution in [3.8, 4) is 57.1 Å². The highest BCUT2D eigenvalue weighted by atomic mass is 16.6. The minimum Gasteiger partial charge on any atom is -0.497 e. The van der Waals surface area contributed by atoms with E-state index in [9.17, 15) is 4.79 Å². The fraction of sp³-hybridized carbons (Fsp3) is 0.286. The maximum absolute atomic E-state index is 13.8. The summed E-state index contributed by atoms with van der Waals surface area (Å²) in [4.78, 5) is 13.8. The Morgan fingerprint density at radius 2 is 1.36 bits per heavy atom. The number of fused-ring (bicyclic) bond motifs is 1. The van der Waals surface area contributed by atoms with Gasteiger partial charge in [-0.2, -0.15) is 0 Å². The first-order valence-corrected chi connectivity index (χ1v) is 14.1. The third-order valence-electron chi connectivity index (χ3n) is 7.68. The lowest BCUT2D eigenvalue weighted by molar-refractivity contribution is -0.0188. The maximum atomic E-state index is 13.8. The first-order valence-electron chi connectivity index (χ1n) is 14.1. The molecule has 45 heavy (non-hydrogen) atoms. The van der Waals surface area contributed by atoms with E-state index < -0.39 is 18.2 Å². The Labute approximate surface area is 262 Å². The first kappa shape index (κ1) is 31.2. The summed E-state index contributed by atoms with van der Waals surface area (Å²) < 4.78 is 51.7. The minimum absolute atomic E-state index is 0.300. The van der Waals surface area contributed by atoms with Gasteiger partial charge in [0.15, 0.2) is 17.6 Å². The smallest absolute Gasteiger partial charge is 0.338 e. The molecule has 0 saturated heterocycles. The van der Waals surface area contributed by atoms with Crippen molar-refractivity contribution in [2.75, 3.05) is 49.8 Å². The summed E-state index contributed by atoms with van der Waals surface area (Å²) in [5, 5.41) is 0. The molecule has 0 bridgehead atoms. The Morgan fingerprint density at radius 3 is 1.98 bits per heavy atom. The van der Waals surface area contributed by atoms with Crippen LogP contribution >= 0.6 is 0 Å². The van der Waals surface area contributed by atoms with Crippen LogP contribution < -0.4 is 37.9 Å². The summed E-state index contributed by atoms with van der Waals surface area (Å²) >= 11 is 0. The van der Waals surface area contributed by atoms with Crippen LogP contribution in [0.25, 0.3) is 11.1 Å². The topological polar surface area (TPSA) is 100 Å². The van der Waals surface area contributed by atoms with Crippen LogP contribution in [0, 0.1) is 0 Å². The molecule has 2 atom stereocenters. The second-order valence-corrected chi connectivity index (χ2v) is 10.1. The highest BCUT2D eigenvalue weighted by Crippen LogP contribution is 2.47. The van der Waals surface area contributed by atoms with E-state index in [2.05, 4.69) is 0 Å². The molecule has 0 saturated carbocycles. The molecule has 236 valence electrons. The largest absolute Gasteiger partial charge is 0.497 e.